The molecule has 0 atom stereocenters. The number of carbonyl (C=O) groups excluding carboxylic acids is 1. The summed E-state index contributed by atoms with van der Waals surface area (Å²) in [6.45, 7) is 2.26. The zero-order valence-corrected chi connectivity index (χ0v) is 16.2. The van der Waals surface area contributed by atoms with Gasteiger partial charge in [-0.1, -0.05) is 31.2 Å². The van der Waals surface area contributed by atoms with Crippen LogP contribution in [0.2, 0.25) is 0 Å². The normalized spacial score (nSPS) is 11.0. The van der Waals surface area contributed by atoms with Gasteiger partial charge in [-0.2, -0.15) is 0 Å². The minimum atomic E-state index is -3.74. The van der Waals surface area contributed by atoms with E-state index in [-0.39, 0.29) is 10.8 Å². The van der Waals surface area contributed by atoms with Crippen molar-refractivity contribution in [2.45, 2.75) is 24.8 Å². The highest BCUT2D eigenvalue weighted by atomic mass is 32.2. The standard InChI is InChI=1S/C21H21N3O3S/c1-2-16-7-3-4-9-20(16)24-28(26,27)19-12-10-17(11-13-19)21(25)23-15-18-8-5-6-14-22-18/h3-14,24H,2,15H2,1H3,(H,23,25). The first-order chi connectivity index (χ1) is 13.5. The molecule has 2 aromatic carbocycles. The molecule has 7 heteroatoms. The number of para-hydroxylation sites is 1. The number of amides is 1. The maximum atomic E-state index is 12.6. The van der Waals surface area contributed by atoms with Crippen LogP contribution in [-0.4, -0.2) is 19.3 Å². The van der Waals surface area contributed by atoms with Gasteiger partial charge in [0.15, 0.2) is 0 Å². The fraction of sp³-hybridized carbons (Fsp3) is 0.143. The van der Waals surface area contributed by atoms with Gasteiger partial charge in [0.25, 0.3) is 15.9 Å². The van der Waals surface area contributed by atoms with E-state index in [0.717, 1.165) is 11.3 Å². The van der Waals surface area contributed by atoms with Crippen LogP contribution in [0.25, 0.3) is 0 Å². The van der Waals surface area contributed by atoms with Crippen LogP contribution in [0.4, 0.5) is 5.69 Å². The second-order valence-corrected chi connectivity index (χ2v) is 7.83. The number of benzene rings is 2. The van der Waals surface area contributed by atoms with Gasteiger partial charge in [-0.05, 0) is 54.4 Å². The number of pyridine rings is 1. The summed E-state index contributed by atoms with van der Waals surface area (Å²) in [5, 5.41) is 2.76. The Morgan fingerprint density at radius 2 is 1.68 bits per heavy atom. The summed E-state index contributed by atoms with van der Waals surface area (Å²) in [5.74, 6) is -0.293. The molecule has 3 aromatic rings. The predicted octanol–water partition coefficient (Wildman–Crippen LogP) is 3.37. The second kappa shape index (κ2) is 8.67. The number of carbonyl (C=O) groups is 1. The number of rotatable bonds is 7. The molecule has 0 unspecified atom stereocenters. The van der Waals surface area contributed by atoms with Crippen molar-refractivity contribution in [3.05, 3.63) is 89.7 Å². The summed E-state index contributed by atoms with van der Waals surface area (Å²) in [6.07, 6.45) is 2.37. The van der Waals surface area contributed by atoms with E-state index in [9.17, 15) is 13.2 Å². The maximum Gasteiger partial charge on any atom is 0.261 e. The van der Waals surface area contributed by atoms with E-state index in [0.29, 0.717) is 24.2 Å². The third-order valence-corrected chi connectivity index (χ3v) is 5.61. The van der Waals surface area contributed by atoms with Gasteiger partial charge in [-0.25, -0.2) is 8.42 Å². The topological polar surface area (TPSA) is 88.2 Å². The summed E-state index contributed by atoms with van der Waals surface area (Å²) in [5.41, 5.74) is 2.59. The fourth-order valence-corrected chi connectivity index (χ4v) is 3.79. The van der Waals surface area contributed by atoms with Crippen LogP contribution in [0.15, 0.2) is 77.8 Å². The number of nitrogens with zero attached hydrogens (tertiary/aromatic N) is 1. The minimum absolute atomic E-state index is 0.0969. The van der Waals surface area contributed by atoms with Crippen LogP contribution in [0.5, 0.6) is 0 Å². The number of aryl methyl sites for hydroxylation is 1. The molecule has 0 spiro atoms. The molecule has 0 radical (unpaired) electrons. The van der Waals surface area contributed by atoms with Crippen molar-refractivity contribution in [3.63, 3.8) is 0 Å². The third kappa shape index (κ3) is 4.75. The molecule has 144 valence electrons. The number of hydrogen-bond acceptors (Lipinski definition) is 4. The molecule has 1 amide bonds. The van der Waals surface area contributed by atoms with Crippen molar-refractivity contribution in [1.29, 1.82) is 0 Å². The molecule has 28 heavy (non-hydrogen) atoms. The van der Waals surface area contributed by atoms with Crippen LogP contribution in [0.1, 0.15) is 28.5 Å². The average Bonchev–Trinajstić information content (AvgIpc) is 2.73. The molecular weight excluding hydrogens is 374 g/mol. The Bertz CT molecular complexity index is 1050. The Morgan fingerprint density at radius 3 is 2.36 bits per heavy atom. The molecule has 0 saturated heterocycles. The van der Waals surface area contributed by atoms with Crippen molar-refractivity contribution < 1.29 is 13.2 Å². The lowest BCUT2D eigenvalue weighted by molar-refractivity contribution is 0.0950. The highest BCUT2D eigenvalue weighted by molar-refractivity contribution is 7.92. The molecular formula is C21H21N3O3S. The number of aromatic nitrogens is 1. The van der Waals surface area contributed by atoms with Gasteiger partial charge in [-0.3, -0.25) is 14.5 Å². The number of hydrogen-bond donors (Lipinski definition) is 2. The maximum absolute atomic E-state index is 12.6. The lowest BCUT2D eigenvalue weighted by Crippen LogP contribution is -2.23. The summed E-state index contributed by atoms with van der Waals surface area (Å²) in [4.78, 5) is 16.5. The molecule has 0 aliphatic heterocycles. The first-order valence-electron chi connectivity index (χ1n) is 8.88. The van der Waals surface area contributed by atoms with Gasteiger partial charge >= 0.3 is 0 Å². The lowest BCUT2D eigenvalue weighted by atomic mass is 10.1. The first-order valence-corrected chi connectivity index (χ1v) is 10.4. The zero-order chi connectivity index (χ0) is 20.0. The van der Waals surface area contributed by atoms with Crippen LogP contribution in [-0.2, 0) is 23.0 Å². The van der Waals surface area contributed by atoms with Crippen LogP contribution in [0.3, 0.4) is 0 Å². The highest BCUT2D eigenvalue weighted by Gasteiger charge is 2.16. The molecule has 0 fully saturated rings. The Labute approximate surface area is 164 Å². The van der Waals surface area contributed by atoms with Crippen LogP contribution < -0.4 is 10.0 Å². The minimum Gasteiger partial charge on any atom is -0.346 e. The lowest BCUT2D eigenvalue weighted by Gasteiger charge is -2.12. The third-order valence-electron chi connectivity index (χ3n) is 4.23. The van der Waals surface area contributed by atoms with E-state index < -0.39 is 10.0 Å². The molecule has 1 heterocycles. The van der Waals surface area contributed by atoms with Crippen LogP contribution >= 0.6 is 0 Å². The largest absolute Gasteiger partial charge is 0.346 e. The fourth-order valence-electron chi connectivity index (χ4n) is 2.69. The molecule has 0 aliphatic carbocycles. The number of anilines is 1. The smallest absolute Gasteiger partial charge is 0.261 e. The van der Waals surface area contributed by atoms with E-state index in [1.807, 2.05) is 31.2 Å². The van der Waals surface area contributed by atoms with Crippen molar-refractivity contribution >= 4 is 21.6 Å². The van der Waals surface area contributed by atoms with Crippen molar-refractivity contribution in [2.24, 2.45) is 0 Å². The van der Waals surface area contributed by atoms with Gasteiger partial charge < -0.3 is 5.32 Å². The van der Waals surface area contributed by atoms with E-state index in [1.165, 1.54) is 24.3 Å². The van der Waals surface area contributed by atoms with Gasteiger partial charge in [0.05, 0.1) is 22.8 Å². The van der Waals surface area contributed by atoms with E-state index in [2.05, 4.69) is 15.0 Å². The van der Waals surface area contributed by atoms with E-state index in [4.69, 9.17) is 0 Å². The monoisotopic (exact) mass is 395 g/mol. The van der Waals surface area contributed by atoms with Gasteiger partial charge in [0.1, 0.15) is 0 Å². The Balaban J connectivity index is 1.69. The molecule has 0 saturated carbocycles. The highest BCUT2D eigenvalue weighted by Crippen LogP contribution is 2.20. The van der Waals surface area contributed by atoms with Gasteiger partial charge in [0, 0.05) is 11.8 Å². The SMILES string of the molecule is CCc1ccccc1NS(=O)(=O)c1ccc(C(=O)NCc2ccccn2)cc1. The van der Waals surface area contributed by atoms with Gasteiger partial charge in [-0.15, -0.1) is 0 Å². The summed E-state index contributed by atoms with van der Waals surface area (Å²) in [7, 11) is -3.74. The molecule has 0 aliphatic rings. The van der Waals surface area contributed by atoms with Crippen molar-refractivity contribution in [1.82, 2.24) is 10.3 Å². The number of sulfonamides is 1. The molecule has 1 aromatic heterocycles. The van der Waals surface area contributed by atoms with Crippen molar-refractivity contribution in [2.75, 3.05) is 4.72 Å². The summed E-state index contributed by atoms with van der Waals surface area (Å²) in [6, 6.07) is 18.6. The summed E-state index contributed by atoms with van der Waals surface area (Å²) >= 11 is 0. The van der Waals surface area contributed by atoms with E-state index >= 15 is 0 Å². The zero-order valence-electron chi connectivity index (χ0n) is 15.4. The van der Waals surface area contributed by atoms with E-state index in [1.54, 1.807) is 24.4 Å². The Morgan fingerprint density at radius 1 is 0.964 bits per heavy atom. The van der Waals surface area contributed by atoms with Gasteiger partial charge in [0.2, 0.25) is 0 Å². The molecule has 2 N–H and O–H groups in total. The average molecular weight is 395 g/mol. The quantitative estimate of drug-likeness (QED) is 0.642. The Hall–Kier alpha value is -3.19. The molecule has 3 rings (SSSR count). The molecule has 6 nitrogen and oxygen atoms in total. The summed E-state index contributed by atoms with van der Waals surface area (Å²) < 4.78 is 27.9. The Kier molecular flexibility index (Phi) is 6.06. The van der Waals surface area contributed by atoms with Crippen LogP contribution in [0, 0.1) is 0 Å². The second-order valence-electron chi connectivity index (χ2n) is 6.14. The number of nitrogens with one attached hydrogen (secondary N) is 2. The van der Waals surface area contributed by atoms with Crippen molar-refractivity contribution in [3.8, 4) is 0 Å². The predicted molar refractivity (Wildman–Crippen MR) is 108 cm³/mol. The first kappa shape index (κ1) is 19.6. The molecule has 0 bridgehead atoms.